The van der Waals surface area contributed by atoms with E-state index in [0.717, 1.165) is 17.1 Å². The fourth-order valence-corrected chi connectivity index (χ4v) is 4.60. The van der Waals surface area contributed by atoms with Crippen molar-refractivity contribution >= 4 is 50.0 Å². The fraction of sp³-hybridized carbons (Fsp3) is 0. The molecule has 0 bridgehead atoms. The molecule has 6 rings (SSSR count). The van der Waals surface area contributed by atoms with E-state index in [4.69, 9.17) is 0 Å². The second kappa shape index (κ2) is 8.76. The summed E-state index contributed by atoms with van der Waals surface area (Å²) in [6.07, 6.45) is 0. The minimum Gasteiger partial charge on any atom is -0.356 e. The average molecular weight is 437 g/mol. The topological polar surface area (TPSA) is 15.3 Å². The zero-order chi connectivity index (χ0) is 22.7. The van der Waals surface area contributed by atoms with Crippen LogP contribution in [0.1, 0.15) is 0 Å². The maximum absolute atomic E-state index is 3.49. The van der Waals surface area contributed by atoms with Gasteiger partial charge in [0.1, 0.15) is 0 Å². The van der Waals surface area contributed by atoms with Crippen LogP contribution in [0.15, 0.2) is 140 Å². The van der Waals surface area contributed by atoms with Gasteiger partial charge in [0.15, 0.2) is 0 Å². The monoisotopic (exact) mass is 436 g/mol. The summed E-state index contributed by atoms with van der Waals surface area (Å²) in [5.74, 6) is 0. The molecule has 34 heavy (non-hydrogen) atoms. The Morgan fingerprint density at radius 1 is 0.382 bits per heavy atom. The average Bonchev–Trinajstić information content (AvgIpc) is 2.91. The first-order valence-corrected chi connectivity index (χ1v) is 11.5. The van der Waals surface area contributed by atoms with Gasteiger partial charge in [0.25, 0.3) is 0 Å². The molecule has 1 N–H and O–H groups in total. The third kappa shape index (κ3) is 3.76. The van der Waals surface area contributed by atoms with Crippen LogP contribution in [0.5, 0.6) is 0 Å². The van der Waals surface area contributed by atoms with Crippen molar-refractivity contribution in [1.29, 1.82) is 0 Å². The van der Waals surface area contributed by atoms with Crippen molar-refractivity contribution in [2.45, 2.75) is 0 Å². The van der Waals surface area contributed by atoms with Crippen LogP contribution in [0.2, 0.25) is 0 Å². The van der Waals surface area contributed by atoms with Crippen LogP contribution in [0.25, 0.3) is 21.5 Å². The van der Waals surface area contributed by atoms with Crippen molar-refractivity contribution in [2.75, 3.05) is 10.2 Å². The van der Waals surface area contributed by atoms with Crippen molar-refractivity contribution in [2.24, 2.45) is 0 Å². The Morgan fingerprint density at radius 2 is 0.853 bits per heavy atom. The molecular weight excluding hydrogens is 412 g/mol. The first-order chi connectivity index (χ1) is 16.9. The summed E-state index contributed by atoms with van der Waals surface area (Å²) < 4.78 is 0. The summed E-state index contributed by atoms with van der Waals surface area (Å²) in [6, 6.07) is 49.1. The Morgan fingerprint density at radius 3 is 1.44 bits per heavy atom. The second-order valence-corrected chi connectivity index (χ2v) is 8.37. The molecule has 0 atom stereocenters. The van der Waals surface area contributed by atoms with E-state index in [1.807, 2.05) is 18.2 Å². The Hall–Kier alpha value is -4.56. The predicted octanol–water partition coefficient (Wildman–Crippen LogP) is 9.21. The van der Waals surface area contributed by atoms with Crippen LogP contribution in [-0.2, 0) is 0 Å². The van der Waals surface area contributed by atoms with Gasteiger partial charge in [-0.15, -0.1) is 0 Å². The van der Waals surface area contributed by atoms with Crippen molar-refractivity contribution in [3.05, 3.63) is 140 Å². The maximum atomic E-state index is 3.49. The van der Waals surface area contributed by atoms with Gasteiger partial charge in [0, 0.05) is 27.8 Å². The van der Waals surface area contributed by atoms with Crippen molar-refractivity contribution < 1.29 is 0 Å². The normalized spacial score (nSPS) is 10.9. The summed E-state index contributed by atoms with van der Waals surface area (Å²) in [4.78, 5) is 2.37. The molecule has 0 aliphatic heterocycles. The zero-order valence-corrected chi connectivity index (χ0v) is 18.7. The largest absolute Gasteiger partial charge is 0.356 e. The number of rotatable bonds is 5. The second-order valence-electron chi connectivity index (χ2n) is 8.37. The van der Waals surface area contributed by atoms with Gasteiger partial charge in [-0.2, -0.15) is 0 Å². The van der Waals surface area contributed by atoms with Gasteiger partial charge in [-0.05, 0) is 59.3 Å². The molecule has 0 aliphatic rings. The molecule has 0 unspecified atom stereocenters. The fourth-order valence-electron chi connectivity index (χ4n) is 4.60. The third-order valence-corrected chi connectivity index (χ3v) is 6.20. The first-order valence-electron chi connectivity index (χ1n) is 11.5. The Kier molecular flexibility index (Phi) is 5.17. The van der Waals surface area contributed by atoms with E-state index < -0.39 is 0 Å². The molecule has 2 nitrogen and oxygen atoms in total. The highest BCUT2D eigenvalue weighted by Crippen LogP contribution is 2.42. The van der Waals surface area contributed by atoms with Gasteiger partial charge < -0.3 is 10.2 Å². The molecule has 0 amide bonds. The molecule has 6 aromatic rings. The third-order valence-electron chi connectivity index (χ3n) is 6.20. The number of hydrogen-bond donors (Lipinski definition) is 1. The van der Waals surface area contributed by atoms with Gasteiger partial charge in [-0.1, -0.05) is 91.0 Å². The summed E-state index contributed by atoms with van der Waals surface area (Å²) >= 11 is 0. The Balaban J connectivity index is 1.51. The molecule has 0 fully saturated rings. The molecule has 0 heterocycles. The summed E-state index contributed by atoms with van der Waals surface area (Å²) in [5, 5.41) is 8.40. The van der Waals surface area contributed by atoms with Gasteiger partial charge in [0.2, 0.25) is 0 Å². The molecule has 0 aromatic heterocycles. The molecule has 0 saturated carbocycles. The minimum atomic E-state index is 1.06. The number of para-hydroxylation sites is 1. The number of nitrogens with zero attached hydrogens (tertiary/aromatic N) is 1. The van der Waals surface area contributed by atoms with Crippen LogP contribution in [0.4, 0.5) is 28.4 Å². The van der Waals surface area contributed by atoms with Crippen LogP contribution in [0.3, 0.4) is 0 Å². The molecular formula is C32H24N2. The molecule has 6 aromatic carbocycles. The van der Waals surface area contributed by atoms with E-state index in [2.05, 4.69) is 132 Å². The molecule has 0 aliphatic carbocycles. The highest BCUT2D eigenvalue weighted by molar-refractivity contribution is 6.04. The standard InChI is InChI=1S/C32H24N2/c1-2-14-26(15-3-1)33-27-20-22-28(23-21-27)34(31-18-8-12-24-10-4-6-16-29(24)31)32-19-9-13-25-11-5-7-17-30(25)32/h1-23,33H. The van der Waals surface area contributed by atoms with E-state index in [1.54, 1.807) is 0 Å². The molecule has 0 spiro atoms. The Bertz CT molecular complexity index is 1480. The van der Waals surface area contributed by atoms with Crippen molar-refractivity contribution in [3.8, 4) is 0 Å². The lowest BCUT2D eigenvalue weighted by Gasteiger charge is -2.28. The number of fused-ring (bicyclic) bond motifs is 2. The van der Waals surface area contributed by atoms with Crippen LogP contribution in [0, 0.1) is 0 Å². The van der Waals surface area contributed by atoms with E-state index in [-0.39, 0.29) is 0 Å². The Labute approximate surface area is 199 Å². The van der Waals surface area contributed by atoms with Crippen molar-refractivity contribution in [3.63, 3.8) is 0 Å². The molecule has 0 radical (unpaired) electrons. The lowest BCUT2D eigenvalue weighted by Crippen LogP contribution is -2.11. The highest BCUT2D eigenvalue weighted by atomic mass is 15.1. The lowest BCUT2D eigenvalue weighted by atomic mass is 10.0. The van der Waals surface area contributed by atoms with E-state index in [9.17, 15) is 0 Å². The van der Waals surface area contributed by atoms with Crippen LogP contribution < -0.4 is 10.2 Å². The van der Waals surface area contributed by atoms with Gasteiger partial charge in [0.05, 0.1) is 11.4 Å². The van der Waals surface area contributed by atoms with Crippen molar-refractivity contribution in [1.82, 2.24) is 0 Å². The maximum Gasteiger partial charge on any atom is 0.0540 e. The molecule has 0 saturated heterocycles. The number of hydrogen-bond acceptors (Lipinski definition) is 2. The van der Waals surface area contributed by atoms with E-state index in [1.165, 1.54) is 32.9 Å². The summed E-state index contributed by atoms with van der Waals surface area (Å²) in [5.41, 5.74) is 5.59. The van der Waals surface area contributed by atoms with Gasteiger partial charge >= 0.3 is 0 Å². The van der Waals surface area contributed by atoms with E-state index >= 15 is 0 Å². The number of anilines is 5. The van der Waals surface area contributed by atoms with Crippen LogP contribution >= 0.6 is 0 Å². The van der Waals surface area contributed by atoms with Gasteiger partial charge in [-0.25, -0.2) is 0 Å². The van der Waals surface area contributed by atoms with E-state index in [0.29, 0.717) is 0 Å². The van der Waals surface area contributed by atoms with Crippen LogP contribution in [-0.4, -0.2) is 0 Å². The minimum absolute atomic E-state index is 1.06. The first kappa shape index (κ1) is 20.1. The smallest absolute Gasteiger partial charge is 0.0540 e. The number of benzene rings is 6. The molecule has 2 heteroatoms. The summed E-state index contributed by atoms with van der Waals surface area (Å²) in [7, 11) is 0. The number of nitrogens with one attached hydrogen (secondary N) is 1. The summed E-state index contributed by atoms with van der Waals surface area (Å²) in [6.45, 7) is 0. The molecule has 162 valence electrons. The van der Waals surface area contributed by atoms with Gasteiger partial charge in [-0.3, -0.25) is 0 Å². The quantitative estimate of drug-likeness (QED) is 0.290. The highest BCUT2D eigenvalue weighted by Gasteiger charge is 2.17. The SMILES string of the molecule is c1ccc(Nc2ccc(N(c3cccc4ccccc34)c3cccc4ccccc34)cc2)cc1. The predicted molar refractivity (Wildman–Crippen MR) is 146 cm³/mol. The zero-order valence-electron chi connectivity index (χ0n) is 18.7. The lowest BCUT2D eigenvalue weighted by molar-refractivity contribution is 1.31.